The molecule has 18 heavy (non-hydrogen) atoms. The summed E-state index contributed by atoms with van der Waals surface area (Å²) < 4.78 is 5.11. The van der Waals surface area contributed by atoms with Crippen molar-refractivity contribution in [3.05, 3.63) is 17.8 Å². The Morgan fingerprint density at radius 1 is 1.56 bits per heavy atom. The second-order valence-electron chi connectivity index (χ2n) is 4.98. The van der Waals surface area contributed by atoms with Gasteiger partial charge in [-0.25, -0.2) is 9.78 Å². The SMILES string of the molecule is COc1ncc(N)cc1CN(C(=O)O)C(C)(C)C. The maximum absolute atomic E-state index is 11.3. The number of nitrogens with two attached hydrogens (primary N) is 1. The average Bonchev–Trinajstić information content (AvgIpc) is 2.24. The van der Waals surface area contributed by atoms with Crippen molar-refractivity contribution in [2.45, 2.75) is 32.9 Å². The highest BCUT2D eigenvalue weighted by atomic mass is 16.5. The molecule has 0 fully saturated rings. The van der Waals surface area contributed by atoms with Crippen LogP contribution in [0.4, 0.5) is 10.5 Å². The summed E-state index contributed by atoms with van der Waals surface area (Å²) in [6, 6.07) is 1.67. The van der Waals surface area contributed by atoms with Gasteiger partial charge in [-0.1, -0.05) is 0 Å². The second kappa shape index (κ2) is 5.12. The normalized spacial score (nSPS) is 11.1. The lowest BCUT2D eigenvalue weighted by atomic mass is 10.1. The molecule has 0 radical (unpaired) electrons. The summed E-state index contributed by atoms with van der Waals surface area (Å²) in [6.07, 6.45) is 0.483. The molecule has 0 aliphatic rings. The Morgan fingerprint density at radius 3 is 2.61 bits per heavy atom. The molecule has 100 valence electrons. The van der Waals surface area contributed by atoms with E-state index in [4.69, 9.17) is 10.5 Å². The Labute approximate surface area is 106 Å². The zero-order valence-corrected chi connectivity index (χ0v) is 11.1. The van der Waals surface area contributed by atoms with E-state index in [0.29, 0.717) is 17.1 Å². The molecule has 0 bridgehead atoms. The van der Waals surface area contributed by atoms with Crippen LogP contribution in [0.5, 0.6) is 5.88 Å². The summed E-state index contributed by atoms with van der Waals surface area (Å²) in [7, 11) is 1.49. The predicted molar refractivity (Wildman–Crippen MR) is 68.5 cm³/mol. The number of rotatable bonds is 3. The molecule has 1 aromatic rings. The zero-order chi connectivity index (χ0) is 13.9. The maximum atomic E-state index is 11.3. The number of carbonyl (C=O) groups is 1. The fourth-order valence-corrected chi connectivity index (χ4v) is 1.58. The van der Waals surface area contributed by atoms with Crippen LogP contribution in [0.2, 0.25) is 0 Å². The third-order valence-corrected chi connectivity index (χ3v) is 2.51. The molecule has 0 saturated carbocycles. The molecule has 0 spiro atoms. The second-order valence-corrected chi connectivity index (χ2v) is 4.98. The maximum Gasteiger partial charge on any atom is 0.408 e. The van der Waals surface area contributed by atoms with Crippen molar-refractivity contribution in [2.24, 2.45) is 0 Å². The van der Waals surface area contributed by atoms with Gasteiger partial charge in [0, 0.05) is 11.1 Å². The summed E-state index contributed by atoms with van der Waals surface area (Å²) in [5.41, 5.74) is 6.27. The number of ether oxygens (including phenoxy) is 1. The summed E-state index contributed by atoms with van der Waals surface area (Å²) in [5.74, 6) is 0.389. The lowest BCUT2D eigenvalue weighted by Gasteiger charge is -2.33. The molecular weight excluding hydrogens is 234 g/mol. The van der Waals surface area contributed by atoms with Crippen LogP contribution in [0.15, 0.2) is 12.3 Å². The number of nitrogen functional groups attached to an aromatic ring is 1. The number of amides is 1. The Morgan fingerprint density at radius 2 is 2.17 bits per heavy atom. The molecule has 0 aliphatic heterocycles. The molecule has 6 heteroatoms. The summed E-state index contributed by atoms with van der Waals surface area (Å²) >= 11 is 0. The third-order valence-electron chi connectivity index (χ3n) is 2.51. The molecule has 0 unspecified atom stereocenters. The van der Waals surface area contributed by atoms with E-state index in [1.54, 1.807) is 6.07 Å². The fraction of sp³-hybridized carbons (Fsp3) is 0.500. The van der Waals surface area contributed by atoms with Crippen molar-refractivity contribution in [1.29, 1.82) is 0 Å². The van der Waals surface area contributed by atoms with Crippen LogP contribution < -0.4 is 10.5 Å². The van der Waals surface area contributed by atoms with Crippen molar-refractivity contribution >= 4 is 11.8 Å². The highest BCUT2D eigenvalue weighted by Crippen LogP contribution is 2.23. The minimum Gasteiger partial charge on any atom is -0.481 e. The van der Waals surface area contributed by atoms with Crippen molar-refractivity contribution in [2.75, 3.05) is 12.8 Å². The Kier molecular flexibility index (Phi) is 4.00. The number of aromatic nitrogens is 1. The van der Waals surface area contributed by atoms with Gasteiger partial charge in [-0.2, -0.15) is 0 Å². The number of hydrogen-bond acceptors (Lipinski definition) is 4. The van der Waals surface area contributed by atoms with E-state index in [1.807, 2.05) is 20.8 Å². The summed E-state index contributed by atoms with van der Waals surface area (Å²) in [6.45, 7) is 5.66. The zero-order valence-electron chi connectivity index (χ0n) is 11.1. The molecular formula is C12H19N3O3. The average molecular weight is 253 g/mol. The standard InChI is InChI=1S/C12H19N3O3/c1-12(2,3)15(11(16)17)7-8-5-9(13)6-14-10(8)18-4/h5-6H,7,13H2,1-4H3,(H,16,17). The minimum atomic E-state index is -0.994. The van der Waals surface area contributed by atoms with Gasteiger partial charge in [-0.05, 0) is 26.8 Å². The highest BCUT2D eigenvalue weighted by Gasteiger charge is 2.27. The van der Waals surface area contributed by atoms with Gasteiger partial charge < -0.3 is 15.6 Å². The molecule has 1 aromatic heterocycles. The molecule has 0 aliphatic carbocycles. The van der Waals surface area contributed by atoms with E-state index in [-0.39, 0.29) is 6.54 Å². The van der Waals surface area contributed by atoms with Crippen molar-refractivity contribution in [3.63, 3.8) is 0 Å². The fourth-order valence-electron chi connectivity index (χ4n) is 1.58. The van der Waals surface area contributed by atoms with Crippen LogP contribution in [0.3, 0.4) is 0 Å². The van der Waals surface area contributed by atoms with E-state index in [0.717, 1.165) is 0 Å². The first kappa shape index (κ1) is 14.1. The van der Waals surface area contributed by atoms with Crippen LogP contribution in [-0.4, -0.2) is 33.7 Å². The molecule has 0 atom stereocenters. The number of anilines is 1. The van der Waals surface area contributed by atoms with Gasteiger partial charge in [0.25, 0.3) is 0 Å². The Balaban J connectivity index is 3.08. The number of pyridine rings is 1. The number of methoxy groups -OCH3 is 1. The molecule has 3 N–H and O–H groups in total. The van der Waals surface area contributed by atoms with Crippen molar-refractivity contribution in [1.82, 2.24) is 9.88 Å². The van der Waals surface area contributed by atoms with Crippen molar-refractivity contribution in [3.8, 4) is 5.88 Å². The monoisotopic (exact) mass is 253 g/mol. The van der Waals surface area contributed by atoms with Gasteiger partial charge in [0.15, 0.2) is 0 Å². The lowest BCUT2D eigenvalue weighted by Crippen LogP contribution is -2.44. The summed E-state index contributed by atoms with van der Waals surface area (Å²) in [4.78, 5) is 16.6. The third kappa shape index (κ3) is 3.26. The van der Waals surface area contributed by atoms with Crippen LogP contribution in [0.25, 0.3) is 0 Å². The lowest BCUT2D eigenvalue weighted by molar-refractivity contribution is 0.0949. The van der Waals surface area contributed by atoms with Gasteiger partial charge in [0.1, 0.15) is 0 Å². The molecule has 0 saturated heterocycles. The topological polar surface area (TPSA) is 88.7 Å². The highest BCUT2D eigenvalue weighted by molar-refractivity contribution is 5.66. The summed E-state index contributed by atoms with van der Waals surface area (Å²) in [5, 5.41) is 9.24. The van der Waals surface area contributed by atoms with Crippen LogP contribution >= 0.6 is 0 Å². The van der Waals surface area contributed by atoms with E-state index < -0.39 is 11.6 Å². The largest absolute Gasteiger partial charge is 0.481 e. The van der Waals surface area contributed by atoms with Gasteiger partial charge in [-0.15, -0.1) is 0 Å². The van der Waals surface area contributed by atoms with Crippen molar-refractivity contribution < 1.29 is 14.6 Å². The number of hydrogen-bond donors (Lipinski definition) is 2. The van der Waals surface area contributed by atoms with Gasteiger partial charge in [0.2, 0.25) is 5.88 Å². The van der Waals surface area contributed by atoms with E-state index >= 15 is 0 Å². The molecule has 1 rings (SSSR count). The van der Waals surface area contributed by atoms with Gasteiger partial charge in [0.05, 0.1) is 25.5 Å². The molecule has 1 amide bonds. The minimum absolute atomic E-state index is 0.181. The van der Waals surface area contributed by atoms with Gasteiger partial charge >= 0.3 is 6.09 Å². The van der Waals surface area contributed by atoms with E-state index in [1.165, 1.54) is 18.2 Å². The van der Waals surface area contributed by atoms with E-state index in [2.05, 4.69) is 4.98 Å². The molecule has 6 nitrogen and oxygen atoms in total. The quantitative estimate of drug-likeness (QED) is 0.859. The smallest absolute Gasteiger partial charge is 0.408 e. The van der Waals surface area contributed by atoms with Crippen LogP contribution in [-0.2, 0) is 6.54 Å². The molecule has 0 aromatic carbocycles. The van der Waals surface area contributed by atoms with Crippen LogP contribution in [0.1, 0.15) is 26.3 Å². The first-order valence-electron chi connectivity index (χ1n) is 5.54. The number of carboxylic acid groups (broad SMARTS) is 1. The van der Waals surface area contributed by atoms with Gasteiger partial charge in [-0.3, -0.25) is 4.90 Å². The Bertz CT molecular complexity index is 441. The predicted octanol–water partition coefficient (Wildman–Crippen LogP) is 1.95. The first-order chi connectivity index (χ1) is 8.25. The first-order valence-corrected chi connectivity index (χ1v) is 5.54. The number of nitrogens with zero attached hydrogens (tertiary/aromatic N) is 2. The Hall–Kier alpha value is -1.98. The van der Waals surface area contributed by atoms with Crippen LogP contribution in [0, 0.1) is 0 Å². The van der Waals surface area contributed by atoms with E-state index in [9.17, 15) is 9.90 Å². The molecule has 1 heterocycles.